The SMILES string of the molecule is Cc1nc(C(C)CC(=O)O)c(C)n1C. The van der Waals surface area contributed by atoms with E-state index < -0.39 is 5.97 Å². The molecule has 1 aromatic heterocycles. The topological polar surface area (TPSA) is 55.1 Å². The van der Waals surface area contributed by atoms with Crippen LogP contribution < -0.4 is 0 Å². The predicted molar refractivity (Wildman–Crippen MR) is 53.3 cm³/mol. The van der Waals surface area contributed by atoms with Crippen molar-refractivity contribution < 1.29 is 9.90 Å². The van der Waals surface area contributed by atoms with Gasteiger partial charge in [0.1, 0.15) is 5.82 Å². The molecule has 78 valence electrons. The zero-order valence-corrected chi connectivity index (χ0v) is 9.03. The number of aromatic nitrogens is 2. The average molecular weight is 196 g/mol. The molecule has 1 unspecified atom stereocenters. The summed E-state index contributed by atoms with van der Waals surface area (Å²) in [6.45, 7) is 5.78. The van der Waals surface area contributed by atoms with E-state index in [1.807, 2.05) is 32.4 Å². The molecular formula is C10H16N2O2. The molecule has 0 amide bonds. The van der Waals surface area contributed by atoms with Crippen molar-refractivity contribution in [1.82, 2.24) is 9.55 Å². The van der Waals surface area contributed by atoms with Crippen molar-refractivity contribution in [3.63, 3.8) is 0 Å². The molecular weight excluding hydrogens is 180 g/mol. The number of hydrogen-bond donors (Lipinski definition) is 1. The van der Waals surface area contributed by atoms with Gasteiger partial charge in [-0.1, -0.05) is 6.92 Å². The van der Waals surface area contributed by atoms with Crippen LogP contribution in [0.25, 0.3) is 0 Å². The maximum Gasteiger partial charge on any atom is 0.304 e. The third kappa shape index (κ3) is 1.95. The van der Waals surface area contributed by atoms with Crippen LogP contribution in [0.3, 0.4) is 0 Å². The third-order valence-electron chi connectivity index (χ3n) is 2.59. The minimum atomic E-state index is -0.778. The summed E-state index contributed by atoms with van der Waals surface area (Å²) >= 11 is 0. The molecule has 1 heterocycles. The van der Waals surface area contributed by atoms with Gasteiger partial charge in [-0.25, -0.2) is 4.98 Å². The summed E-state index contributed by atoms with van der Waals surface area (Å²) in [7, 11) is 1.94. The van der Waals surface area contributed by atoms with Crippen molar-refractivity contribution in [2.75, 3.05) is 0 Å². The first kappa shape index (κ1) is 10.8. The number of hydrogen-bond acceptors (Lipinski definition) is 2. The van der Waals surface area contributed by atoms with Gasteiger partial charge in [0.2, 0.25) is 0 Å². The third-order valence-corrected chi connectivity index (χ3v) is 2.59. The lowest BCUT2D eigenvalue weighted by atomic mass is 10.0. The Morgan fingerprint density at radius 3 is 2.50 bits per heavy atom. The maximum absolute atomic E-state index is 10.6. The number of carbonyl (C=O) groups is 1. The van der Waals surface area contributed by atoms with Crippen LogP contribution in [0.1, 0.15) is 36.5 Å². The fraction of sp³-hybridized carbons (Fsp3) is 0.600. The molecule has 1 rings (SSSR count). The monoisotopic (exact) mass is 196 g/mol. The van der Waals surface area contributed by atoms with Gasteiger partial charge in [0.25, 0.3) is 0 Å². The summed E-state index contributed by atoms with van der Waals surface area (Å²) in [5.41, 5.74) is 1.95. The van der Waals surface area contributed by atoms with Crippen LogP contribution in [0.5, 0.6) is 0 Å². The summed E-state index contributed by atoms with van der Waals surface area (Å²) in [4.78, 5) is 14.9. The van der Waals surface area contributed by atoms with Gasteiger partial charge in [-0.2, -0.15) is 0 Å². The molecule has 0 saturated heterocycles. The minimum Gasteiger partial charge on any atom is -0.481 e. The Hall–Kier alpha value is -1.32. The fourth-order valence-electron chi connectivity index (χ4n) is 1.57. The van der Waals surface area contributed by atoms with Crippen molar-refractivity contribution in [2.24, 2.45) is 7.05 Å². The van der Waals surface area contributed by atoms with Gasteiger partial charge in [-0.15, -0.1) is 0 Å². The second kappa shape index (κ2) is 3.82. The molecule has 0 radical (unpaired) electrons. The van der Waals surface area contributed by atoms with E-state index in [0.29, 0.717) is 0 Å². The van der Waals surface area contributed by atoms with Gasteiger partial charge in [-0.05, 0) is 13.8 Å². The van der Waals surface area contributed by atoms with E-state index in [9.17, 15) is 4.79 Å². The van der Waals surface area contributed by atoms with Gasteiger partial charge in [0, 0.05) is 18.7 Å². The van der Waals surface area contributed by atoms with Crippen molar-refractivity contribution in [3.8, 4) is 0 Å². The molecule has 0 fully saturated rings. The van der Waals surface area contributed by atoms with Gasteiger partial charge >= 0.3 is 5.97 Å². The Balaban J connectivity index is 2.95. The van der Waals surface area contributed by atoms with Crippen LogP contribution in [-0.2, 0) is 11.8 Å². The van der Waals surface area contributed by atoms with Gasteiger partial charge in [0.05, 0.1) is 12.1 Å². The molecule has 1 aromatic rings. The van der Waals surface area contributed by atoms with Crippen molar-refractivity contribution >= 4 is 5.97 Å². The molecule has 4 nitrogen and oxygen atoms in total. The van der Waals surface area contributed by atoms with Gasteiger partial charge in [-0.3, -0.25) is 4.79 Å². The van der Waals surface area contributed by atoms with Gasteiger partial charge in [0.15, 0.2) is 0 Å². The highest BCUT2D eigenvalue weighted by Crippen LogP contribution is 2.21. The summed E-state index contributed by atoms with van der Waals surface area (Å²) in [5.74, 6) is 0.127. The number of carboxylic acids is 1. The first-order chi connectivity index (χ1) is 6.43. The fourth-order valence-corrected chi connectivity index (χ4v) is 1.57. The number of rotatable bonds is 3. The first-order valence-electron chi connectivity index (χ1n) is 4.65. The van der Waals surface area contributed by atoms with Crippen LogP contribution in [0.4, 0.5) is 0 Å². The summed E-state index contributed by atoms with van der Waals surface area (Å²) in [6.07, 6.45) is 0.136. The van der Waals surface area contributed by atoms with E-state index in [1.165, 1.54) is 0 Å². The number of carboxylic acid groups (broad SMARTS) is 1. The smallest absolute Gasteiger partial charge is 0.304 e. The summed E-state index contributed by atoms with van der Waals surface area (Å²) in [6, 6.07) is 0. The Kier molecular flexibility index (Phi) is 2.93. The molecule has 0 saturated carbocycles. The first-order valence-corrected chi connectivity index (χ1v) is 4.65. The summed E-state index contributed by atoms with van der Waals surface area (Å²) in [5, 5.41) is 8.68. The molecule has 1 N–H and O–H groups in total. The predicted octanol–water partition coefficient (Wildman–Crippen LogP) is 1.62. The van der Waals surface area contributed by atoms with Crippen LogP contribution in [0, 0.1) is 13.8 Å². The molecule has 0 aliphatic rings. The molecule has 0 aliphatic heterocycles. The van der Waals surface area contributed by atoms with E-state index in [4.69, 9.17) is 5.11 Å². The van der Waals surface area contributed by atoms with Crippen LogP contribution in [0.2, 0.25) is 0 Å². The van der Waals surface area contributed by atoms with E-state index >= 15 is 0 Å². The molecule has 0 bridgehead atoms. The van der Waals surface area contributed by atoms with Crippen molar-refractivity contribution in [3.05, 3.63) is 17.2 Å². The number of aryl methyl sites for hydroxylation is 1. The Bertz CT molecular complexity index is 355. The summed E-state index contributed by atoms with van der Waals surface area (Å²) < 4.78 is 1.98. The van der Waals surface area contributed by atoms with Crippen LogP contribution in [-0.4, -0.2) is 20.6 Å². The second-order valence-corrected chi connectivity index (χ2v) is 3.69. The highest BCUT2D eigenvalue weighted by Gasteiger charge is 2.17. The highest BCUT2D eigenvalue weighted by molar-refractivity contribution is 5.67. The van der Waals surface area contributed by atoms with Crippen LogP contribution in [0.15, 0.2) is 0 Å². The number of imidazole rings is 1. The minimum absolute atomic E-state index is 0.0209. The molecule has 0 spiro atoms. The Labute approximate surface area is 83.6 Å². The van der Waals surface area contributed by atoms with Gasteiger partial charge < -0.3 is 9.67 Å². The van der Waals surface area contributed by atoms with E-state index in [0.717, 1.165) is 17.2 Å². The van der Waals surface area contributed by atoms with E-state index in [-0.39, 0.29) is 12.3 Å². The molecule has 1 atom stereocenters. The normalized spacial score (nSPS) is 12.9. The Morgan fingerprint density at radius 2 is 2.14 bits per heavy atom. The van der Waals surface area contributed by atoms with Crippen molar-refractivity contribution in [1.29, 1.82) is 0 Å². The van der Waals surface area contributed by atoms with Crippen LogP contribution >= 0.6 is 0 Å². The maximum atomic E-state index is 10.6. The molecule has 4 heteroatoms. The largest absolute Gasteiger partial charge is 0.481 e. The zero-order valence-electron chi connectivity index (χ0n) is 9.03. The lowest BCUT2D eigenvalue weighted by Crippen LogP contribution is -2.05. The number of nitrogens with zero attached hydrogens (tertiary/aromatic N) is 2. The Morgan fingerprint density at radius 1 is 1.57 bits per heavy atom. The average Bonchev–Trinajstić information content (AvgIpc) is 2.32. The second-order valence-electron chi connectivity index (χ2n) is 3.69. The highest BCUT2D eigenvalue weighted by atomic mass is 16.4. The van der Waals surface area contributed by atoms with Crippen molar-refractivity contribution in [2.45, 2.75) is 33.1 Å². The molecule has 14 heavy (non-hydrogen) atoms. The molecule has 0 aliphatic carbocycles. The van der Waals surface area contributed by atoms with E-state index in [2.05, 4.69) is 4.98 Å². The lowest BCUT2D eigenvalue weighted by Gasteiger charge is -2.06. The lowest BCUT2D eigenvalue weighted by molar-refractivity contribution is -0.137. The van der Waals surface area contributed by atoms with E-state index in [1.54, 1.807) is 0 Å². The zero-order chi connectivity index (χ0) is 10.9. The quantitative estimate of drug-likeness (QED) is 0.799. The molecule has 0 aromatic carbocycles. The number of aliphatic carboxylic acids is 1. The standard InChI is InChI=1S/C10H16N2O2/c1-6(5-9(13)14)10-7(2)12(4)8(3)11-10/h6H,5H2,1-4H3,(H,13,14).